The molecule has 2 heterocycles. The van der Waals surface area contributed by atoms with E-state index in [2.05, 4.69) is 41.2 Å². The number of nitrogens with zero attached hydrogens (tertiary/aromatic N) is 3. The van der Waals surface area contributed by atoms with E-state index in [1.165, 1.54) is 6.33 Å². The molecule has 0 unspecified atom stereocenters. The molecule has 0 radical (unpaired) electrons. The lowest BCUT2D eigenvalue weighted by molar-refractivity contribution is 1.20. The van der Waals surface area contributed by atoms with E-state index < -0.39 is 0 Å². The first-order valence-corrected chi connectivity index (χ1v) is 6.77. The monoisotopic (exact) mass is 357 g/mol. The summed E-state index contributed by atoms with van der Waals surface area (Å²) in [5, 5.41) is 3.86. The fourth-order valence-corrected chi connectivity index (χ4v) is 2.20. The molecule has 0 bridgehead atoms. The van der Waals surface area contributed by atoms with E-state index in [1.54, 1.807) is 6.07 Å². The lowest BCUT2D eigenvalue weighted by Crippen LogP contribution is -1.97. The summed E-state index contributed by atoms with van der Waals surface area (Å²) in [4.78, 5) is 15.2. The van der Waals surface area contributed by atoms with E-state index in [1.807, 2.05) is 12.1 Å². The van der Waals surface area contributed by atoms with E-state index in [0.29, 0.717) is 22.0 Å². The van der Waals surface area contributed by atoms with Crippen molar-refractivity contribution in [2.75, 3.05) is 5.32 Å². The zero-order valence-corrected chi connectivity index (χ0v) is 12.4. The maximum absolute atomic E-state index is 6.04. The molecule has 5 nitrogen and oxygen atoms in total. The molecule has 0 amide bonds. The SMILES string of the molecule is Clc1nc(Nc2ccc(Br)c(Cl)c2)c2[nH]cnc2n1. The Labute approximate surface area is 126 Å². The third-order valence-corrected chi connectivity index (χ3v) is 3.84. The van der Waals surface area contributed by atoms with Crippen LogP contribution in [0.25, 0.3) is 11.2 Å². The summed E-state index contributed by atoms with van der Waals surface area (Å²) in [7, 11) is 0. The Bertz CT molecular complexity index is 758. The Balaban J connectivity index is 2.04. The van der Waals surface area contributed by atoms with Crippen molar-refractivity contribution >= 4 is 61.8 Å². The van der Waals surface area contributed by atoms with Gasteiger partial charge in [-0.25, -0.2) is 4.98 Å². The van der Waals surface area contributed by atoms with Crippen LogP contribution in [0.5, 0.6) is 0 Å². The minimum atomic E-state index is 0.130. The molecule has 1 aromatic carbocycles. The van der Waals surface area contributed by atoms with Gasteiger partial charge in [-0.05, 0) is 45.7 Å². The van der Waals surface area contributed by atoms with Crippen molar-refractivity contribution in [2.45, 2.75) is 0 Å². The molecule has 2 N–H and O–H groups in total. The minimum absolute atomic E-state index is 0.130. The quantitative estimate of drug-likeness (QED) is 0.675. The molecule has 0 aliphatic carbocycles. The van der Waals surface area contributed by atoms with Crippen LogP contribution in [0.3, 0.4) is 0 Å². The highest BCUT2D eigenvalue weighted by Gasteiger charge is 2.09. The van der Waals surface area contributed by atoms with E-state index >= 15 is 0 Å². The molecule has 3 rings (SSSR count). The lowest BCUT2D eigenvalue weighted by Gasteiger charge is -2.07. The average Bonchev–Trinajstić information content (AvgIpc) is 2.82. The molecule has 8 heteroatoms. The highest BCUT2D eigenvalue weighted by molar-refractivity contribution is 9.10. The van der Waals surface area contributed by atoms with Gasteiger partial charge in [-0.15, -0.1) is 0 Å². The van der Waals surface area contributed by atoms with E-state index in [0.717, 1.165) is 10.2 Å². The maximum atomic E-state index is 6.04. The Kier molecular flexibility index (Phi) is 3.30. The first kappa shape index (κ1) is 12.7. The van der Waals surface area contributed by atoms with Gasteiger partial charge in [-0.3, -0.25) is 0 Å². The largest absolute Gasteiger partial charge is 0.340 e. The number of aromatic amines is 1. The highest BCUT2D eigenvalue weighted by atomic mass is 79.9. The van der Waals surface area contributed by atoms with Gasteiger partial charge >= 0.3 is 0 Å². The zero-order valence-electron chi connectivity index (χ0n) is 9.28. The summed E-state index contributed by atoms with van der Waals surface area (Å²) in [5.74, 6) is 0.547. The van der Waals surface area contributed by atoms with Crippen LogP contribution >= 0.6 is 39.1 Å². The highest BCUT2D eigenvalue weighted by Crippen LogP contribution is 2.28. The predicted molar refractivity (Wildman–Crippen MR) is 79.1 cm³/mol. The Morgan fingerprint density at radius 1 is 1.21 bits per heavy atom. The summed E-state index contributed by atoms with van der Waals surface area (Å²) < 4.78 is 0.826. The smallest absolute Gasteiger partial charge is 0.226 e. The number of rotatable bonds is 2. The molecule has 0 aliphatic heterocycles. The molecule has 0 saturated carbocycles. The third-order valence-electron chi connectivity index (χ3n) is 2.44. The summed E-state index contributed by atoms with van der Waals surface area (Å²) in [6.45, 7) is 0. The summed E-state index contributed by atoms with van der Waals surface area (Å²) in [6.07, 6.45) is 1.54. The molecular formula is C11H6BrCl2N5. The molecule has 3 aromatic rings. The maximum Gasteiger partial charge on any atom is 0.226 e. The van der Waals surface area contributed by atoms with Gasteiger partial charge < -0.3 is 10.3 Å². The van der Waals surface area contributed by atoms with Crippen LogP contribution in [-0.2, 0) is 0 Å². The van der Waals surface area contributed by atoms with Crippen LogP contribution in [0.4, 0.5) is 11.5 Å². The number of imidazole rings is 1. The van der Waals surface area contributed by atoms with Crippen molar-refractivity contribution in [1.82, 2.24) is 19.9 Å². The molecule has 0 saturated heterocycles. The van der Waals surface area contributed by atoms with E-state index in [9.17, 15) is 0 Å². The fraction of sp³-hybridized carbons (Fsp3) is 0. The van der Waals surface area contributed by atoms with Crippen LogP contribution in [0.2, 0.25) is 10.3 Å². The van der Waals surface area contributed by atoms with Crippen LogP contribution in [0, 0.1) is 0 Å². The van der Waals surface area contributed by atoms with Gasteiger partial charge in [-0.2, -0.15) is 9.97 Å². The second-order valence-corrected chi connectivity index (χ2v) is 5.30. The summed E-state index contributed by atoms with van der Waals surface area (Å²) in [6, 6.07) is 5.50. The molecule has 96 valence electrons. The topological polar surface area (TPSA) is 66.5 Å². The molecule has 0 spiro atoms. The van der Waals surface area contributed by atoms with Gasteiger partial charge in [0, 0.05) is 10.2 Å². The number of anilines is 2. The Morgan fingerprint density at radius 2 is 2.05 bits per heavy atom. The standard InChI is InChI=1S/C11H6BrCl2N5/c12-6-2-1-5(3-7(6)13)17-10-8-9(16-4-15-8)18-11(14)19-10/h1-4H,(H2,15,16,17,18,19). The van der Waals surface area contributed by atoms with Crippen LogP contribution in [-0.4, -0.2) is 19.9 Å². The van der Waals surface area contributed by atoms with Gasteiger partial charge in [0.25, 0.3) is 0 Å². The summed E-state index contributed by atoms with van der Waals surface area (Å²) >= 11 is 15.2. The van der Waals surface area contributed by atoms with Gasteiger partial charge in [0.2, 0.25) is 5.28 Å². The molecule has 19 heavy (non-hydrogen) atoms. The van der Waals surface area contributed by atoms with Crippen LogP contribution in [0.15, 0.2) is 29.0 Å². The first-order chi connectivity index (χ1) is 9.13. The zero-order chi connectivity index (χ0) is 13.4. The van der Waals surface area contributed by atoms with Gasteiger partial charge in [0.1, 0.15) is 5.52 Å². The molecular weight excluding hydrogens is 353 g/mol. The second-order valence-electron chi connectivity index (χ2n) is 3.70. The molecule has 2 aromatic heterocycles. The number of benzene rings is 1. The number of hydrogen-bond acceptors (Lipinski definition) is 4. The Hall–Kier alpha value is -1.37. The lowest BCUT2D eigenvalue weighted by atomic mass is 10.3. The molecule has 0 fully saturated rings. The molecule has 0 atom stereocenters. The Morgan fingerprint density at radius 3 is 2.84 bits per heavy atom. The first-order valence-electron chi connectivity index (χ1n) is 5.22. The van der Waals surface area contributed by atoms with Gasteiger partial charge in [0.15, 0.2) is 11.5 Å². The number of halogens is 3. The van der Waals surface area contributed by atoms with Crippen LogP contribution in [0.1, 0.15) is 0 Å². The third kappa shape index (κ3) is 2.51. The minimum Gasteiger partial charge on any atom is -0.340 e. The van der Waals surface area contributed by atoms with Crippen LogP contribution < -0.4 is 5.32 Å². The number of nitrogens with one attached hydrogen (secondary N) is 2. The van der Waals surface area contributed by atoms with Gasteiger partial charge in [0.05, 0.1) is 11.3 Å². The van der Waals surface area contributed by atoms with Crippen molar-refractivity contribution in [3.63, 3.8) is 0 Å². The summed E-state index contributed by atoms with van der Waals surface area (Å²) in [5.41, 5.74) is 1.98. The fourth-order valence-electron chi connectivity index (χ4n) is 1.61. The average molecular weight is 359 g/mol. The van der Waals surface area contributed by atoms with Crippen molar-refractivity contribution in [2.24, 2.45) is 0 Å². The van der Waals surface area contributed by atoms with Crippen molar-refractivity contribution in [3.8, 4) is 0 Å². The van der Waals surface area contributed by atoms with E-state index in [-0.39, 0.29) is 5.28 Å². The van der Waals surface area contributed by atoms with Crippen molar-refractivity contribution < 1.29 is 0 Å². The molecule has 0 aliphatic rings. The van der Waals surface area contributed by atoms with Gasteiger partial charge in [-0.1, -0.05) is 11.6 Å². The van der Waals surface area contributed by atoms with Crippen molar-refractivity contribution in [3.05, 3.63) is 39.3 Å². The normalized spacial score (nSPS) is 10.9. The number of H-pyrrole nitrogens is 1. The number of fused-ring (bicyclic) bond motifs is 1. The van der Waals surface area contributed by atoms with Crippen molar-refractivity contribution in [1.29, 1.82) is 0 Å². The second kappa shape index (κ2) is 4.96. The van der Waals surface area contributed by atoms with E-state index in [4.69, 9.17) is 23.2 Å². The number of aromatic nitrogens is 4. The number of hydrogen-bond donors (Lipinski definition) is 2. The predicted octanol–water partition coefficient (Wildman–Crippen LogP) is 4.17.